The predicted molar refractivity (Wildman–Crippen MR) is 257 cm³/mol. The Morgan fingerprint density at radius 1 is 0.281 bits per heavy atom. The zero-order valence-corrected chi connectivity index (χ0v) is 34.2. The molecule has 296 valence electrons. The van der Waals surface area contributed by atoms with Crippen LogP contribution in [0.3, 0.4) is 0 Å². The highest BCUT2D eigenvalue weighted by atomic mass is 16.5. The summed E-state index contributed by atoms with van der Waals surface area (Å²) in [5.74, 6) is 5.09. The molecule has 8 aromatic carbocycles. The molecule has 0 saturated carbocycles. The molecule has 0 radical (unpaired) electrons. The molecule has 6 nitrogen and oxygen atoms in total. The van der Waals surface area contributed by atoms with Gasteiger partial charge in [-0.2, -0.15) is 0 Å². The average Bonchev–Trinajstić information content (AvgIpc) is 3.37. The zero-order chi connectivity index (χ0) is 41.9. The molecule has 0 spiro atoms. The molecule has 4 aliphatic heterocycles. The van der Waals surface area contributed by atoms with E-state index in [1.54, 1.807) is 0 Å². The number of benzene rings is 8. The van der Waals surface area contributed by atoms with Gasteiger partial charge in [-0.3, -0.25) is 0 Å². The molecular formula is C56H32B2N2O4. The molecule has 6 heterocycles. The fraction of sp³-hybridized carbons (Fsp3) is 0. The molecule has 0 saturated heterocycles. The number of pyridine rings is 2. The molecule has 0 unspecified atom stereocenters. The Labute approximate surface area is 369 Å². The molecule has 0 aliphatic carbocycles. The van der Waals surface area contributed by atoms with Crippen molar-refractivity contribution >= 4 is 57.2 Å². The molecule has 64 heavy (non-hydrogen) atoms. The van der Waals surface area contributed by atoms with E-state index in [-0.39, 0.29) is 13.4 Å². The van der Waals surface area contributed by atoms with E-state index in [9.17, 15) is 0 Å². The second kappa shape index (κ2) is 13.6. The Balaban J connectivity index is 1.01. The van der Waals surface area contributed by atoms with Crippen molar-refractivity contribution in [2.24, 2.45) is 0 Å². The number of hydrogen-bond donors (Lipinski definition) is 0. The molecule has 14 rings (SSSR count). The summed E-state index contributed by atoms with van der Waals surface area (Å²) in [6.07, 6.45) is 0. The maximum absolute atomic E-state index is 7.07. The minimum atomic E-state index is -0.264. The van der Waals surface area contributed by atoms with Crippen LogP contribution >= 0.6 is 0 Å². The Hall–Kier alpha value is -8.35. The molecule has 0 atom stereocenters. The summed E-state index contributed by atoms with van der Waals surface area (Å²) >= 11 is 0. The van der Waals surface area contributed by atoms with Crippen LogP contribution in [0.4, 0.5) is 0 Å². The topological polar surface area (TPSA) is 62.7 Å². The van der Waals surface area contributed by atoms with E-state index in [2.05, 4.69) is 170 Å². The van der Waals surface area contributed by atoms with Crippen LogP contribution in [0.15, 0.2) is 194 Å². The first-order valence-electron chi connectivity index (χ1n) is 21.6. The van der Waals surface area contributed by atoms with Gasteiger partial charge in [0.25, 0.3) is 13.4 Å². The summed E-state index contributed by atoms with van der Waals surface area (Å²) in [4.78, 5) is 10.8. The van der Waals surface area contributed by atoms with Crippen molar-refractivity contribution in [2.45, 2.75) is 0 Å². The van der Waals surface area contributed by atoms with Crippen molar-refractivity contribution < 1.29 is 18.9 Å². The number of ether oxygens (including phenoxy) is 4. The Bertz CT molecular complexity index is 3230. The quantitative estimate of drug-likeness (QED) is 0.165. The molecule has 10 aromatic rings. The maximum Gasteiger partial charge on any atom is 0.263 e. The second-order valence-electron chi connectivity index (χ2n) is 16.8. The summed E-state index contributed by atoms with van der Waals surface area (Å²) in [6.45, 7) is -0.528. The fourth-order valence-electron chi connectivity index (χ4n) is 10.2. The third-order valence-corrected chi connectivity index (χ3v) is 13.2. The predicted octanol–water partition coefficient (Wildman–Crippen LogP) is 9.75. The van der Waals surface area contributed by atoms with Crippen molar-refractivity contribution in [3.8, 4) is 90.8 Å². The van der Waals surface area contributed by atoms with E-state index < -0.39 is 0 Å². The molecule has 4 aliphatic rings. The van der Waals surface area contributed by atoms with Crippen molar-refractivity contribution in [1.29, 1.82) is 0 Å². The van der Waals surface area contributed by atoms with E-state index in [1.165, 1.54) is 0 Å². The summed E-state index contributed by atoms with van der Waals surface area (Å²) < 4.78 is 27.9. The maximum atomic E-state index is 7.07. The van der Waals surface area contributed by atoms with Gasteiger partial charge in [-0.1, -0.05) is 170 Å². The van der Waals surface area contributed by atoms with Gasteiger partial charge in [-0.25, -0.2) is 9.97 Å². The average molecular weight is 819 g/mol. The van der Waals surface area contributed by atoms with Gasteiger partial charge in [0, 0.05) is 10.9 Å². The Kier molecular flexibility index (Phi) is 7.48. The van der Waals surface area contributed by atoms with Crippen LogP contribution in [0, 0.1) is 0 Å². The van der Waals surface area contributed by atoms with E-state index in [0.717, 1.165) is 100 Å². The number of rotatable bonds is 4. The summed E-state index contributed by atoms with van der Waals surface area (Å²) in [5, 5.41) is 0. The third-order valence-electron chi connectivity index (χ3n) is 13.2. The molecule has 2 aromatic heterocycles. The van der Waals surface area contributed by atoms with Crippen molar-refractivity contribution in [3.63, 3.8) is 0 Å². The Morgan fingerprint density at radius 2 is 0.562 bits per heavy atom. The summed E-state index contributed by atoms with van der Waals surface area (Å²) in [6, 6.07) is 67.6. The first kappa shape index (κ1) is 35.3. The summed E-state index contributed by atoms with van der Waals surface area (Å²) in [5.41, 5.74) is 15.8. The normalized spacial score (nSPS) is 13.1. The van der Waals surface area contributed by atoms with E-state index in [1.807, 2.05) is 24.3 Å². The van der Waals surface area contributed by atoms with Crippen LogP contribution in [0.5, 0.6) is 46.3 Å². The molecule has 0 amide bonds. The van der Waals surface area contributed by atoms with Gasteiger partial charge in [0.2, 0.25) is 11.8 Å². The lowest BCUT2D eigenvalue weighted by molar-refractivity contribution is 0.443. The SMILES string of the molecule is c1ccc(-c2ccc3c(c2)B2c4cc(-c5ccccc5)ccc4Oc4c2c(nc2c5c6c(nc42)Oc2ccc(-c4ccccc4)cc2B6c2cc(-c4ccccc4)ccc2O5)O3)cc1. The van der Waals surface area contributed by atoms with Gasteiger partial charge in [-0.05, 0) is 90.6 Å². The fourth-order valence-corrected chi connectivity index (χ4v) is 10.2. The first-order valence-corrected chi connectivity index (χ1v) is 21.6. The minimum absolute atomic E-state index is 0.264. The van der Waals surface area contributed by atoms with Crippen LogP contribution < -0.4 is 51.7 Å². The van der Waals surface area contributed by atoms with Crippen molar-refractivity contribution in [2.75, 3.05) is 0 Å². The van der Waals surface area contributed by atoms with Gasteiger partial charge < -0.3 is 18.9 Å². The summed E-state index contributed by atoms with van der Waals surface area (Å²) in [7, 11) is 0. The molecule has 0 bridgehead atoms. The highest BCUT2D eigenvalue weighted by Crippen LogP contribution is 2.45. The number of aromatic nitrogens is 2. The third kappa shape index (κ3) is 5.29. The standard InChI is InChI=1S/C56H32B2N2O4/c1-5-13-33(14-6-1)37-21-25-45-41(29-37)57-43-31-39(35-17-9-3-10-18-35)23-27-47(43)63-55-49(57)53(61-45)51-52(59-55)54-50-56(60-51)64-48-28-24-40(36-19-11-4-12-20-36)32-44(48)58(50)42-30-38(22-26-46(42)62-54)34-15-7-2-8-16-34/h1-32H. The highest BCUT2D eigenvalue weighted by molar-refractivity contribution is 6.99. The van der Waals surface area contributed by atoms with Crippen LogP contribution in [-0.4, -0.2) is 23.4 Å². The largest absolute Gasteiger partial charge is 0.456 e. The van der Waals surface area contributed by atoms with E-state index in [4.69, 9.17) is 28.9 Å². The van der Waals surface area contributed by atoms with Crippen LogP contribution in [0.2, 0.25) is 0 Å². The lowest BCUT2D eigenvalue weighted by Gasteiger charge is -2.35. The monoisotopic (exact) mass is 818 g/mol. The van der Waals surface area contributed by atoms with Crippen LogP contribution in [-0.2, 0) is 0 Å². The minimum Gasteiger partial charge on any atom is -0.456 e. The van der Waals surface area contributed by atoms with Gasteiger partial charge in [-0.15, -0.1) is 0 Å². The second-order valence-corrected chi connectivity index (χ2v) is 16.8. The van der Waals surface area contributed by atoms with Gasteiger partial charge in [0.15, 0.2) is 11.5 Å². The number of hydrogen-bond acceptors (Lipinski definition) is 6. The molecule has 0 fully saturated rings. The lowest BCUT2D eigenvalue weighted by Crippen LogP contribution is -2.58. The van der Waals surface area contributed by atoms with Crippen molar-refractivity contribution in [1.82, 2.24) is 9.97 Å². The Morgan fingerprint density at radius 3 is 0.859 bits per heavy atom. The van der Waals surface area contributed by atoms with Crippen LogP contribution in [0.25, 0.3) is 55.5 Å². The smallest absolute Gasteiger partial charge is 0.263 e. The molecule has 0 N–H and O–H groups in total. The first-order chi connectivity index (χ1) is 31.7. The number of fused-ring (bicyclic) bond motifs is 11. The molecule has 8 heteroatoms. The van der Waals surface area contributed by atoms with Gasteiger partial charge in [0.1, 0.15) is 34.0 Å². The van der Waals surface area contributed by atoms with E-state index >= 15 is 0 Å². The highest BCUT2D eigenvalue weighted by Gasteiger charge is 2.47. The lowest BCUT2D eigenvalue weighted by atomic mass is 9.34. The number of nitrogens with zero attached hydrogens (tertiary/aromatic N) is 2. The van der Waals surface area contributed by atoms with Gasteiger partial charge in [0.05, 0.1) is 0 Å². The van der Waals surface area contributed by atoms with Crippen molar-refractivity contribution in [3.05, 3.63) is 194 Å². The van der Waals surface area contributed by atoms with Crippen LogP contribution in [0.1, 0.15) is 0 Å². The molecular weight excluding hydrogens is 786 g/mol. The zero-order valence-electron chi connectivity index (χ0n) is 34.2. The van der Waals surface area contributed by atoms with E-state index in [0.29, 0.717) is 34.3 Å². The van der Waals surface area contributed by atoms with Gasteiger partial charge >= 0.3 is 0 Å².